The molecule has 0 aromatic carbocycles. The van der Waals surface area contributed by atoms with Crippen molar-refractivity contribution in [3.05, 3.63) is 0 Å². The fraction of sp³-hybridized carbons (Fsp3) is 0.900. The minimum absolute atomic E-state index is 0.00198. The van der Waals surface area contributed by atoms with Crippen LogP contribution in [0.3, 0.4) is 0 Å². The van der Waals surface area contributed by atoms with Gasteiger partial charge in [0.05, 0.1) is 13.2 Å². The summed E-state index contributed by atoms with van der Waals surface area (Å²) in [4.78, 5) is 47.4. The van der Waals surface area contributed by atoms with Crippen molar-refractivity contribution in [3.63, 3.8) is 0 Å². The Morgan fingerprint density at radius 1 is 0.531 bits per heavy atom. The second kappa shape index (κ2) is 35.7. The van der Waals surface area contributed by atoms with E-state index in [0.29, 0.717) is 19.3 Å². The van der Waals surface area contributed by atoms with Gasteiger partial charge in [0.2, 0.25) is 11.8 Å². The van der Waals surface area contributed by atoms with Crippen molar-refractivity contribution in [2.24, 2.45) is 0 Å². The largest absolute Gasteiger partial charge is 0.480 e. The summed E-state index contributed by atoms with van der Waals surface area (Å²) < 4.78 is 6.00. The van der Waals surface area contributed by atoms with Crippen molar-refractivity contribution in [1.82, 2.24) is 10.6 Å². The molecule has 9 nitrogen and oxygen atoms in total. The van der Waals surface area contributed by atoms with Gasteiger partial charge in [-0.1, -0.05) is 155 Å². The second-order valence-corrected chi connectivity index (χ2v) is 14.1. The Bertz CT molecular complexity index is 807. The van der Waals surface area contributed by atoms with E-state index in [4.69, 9.17) is 14.9 Å². The molecule has 0 spiro atoms. The smallest absolute Gasteiger partial charge is 0.328 e. The van der Waals surface area contributed by atoms with Crippen LogP contribution in [0.2, 0.25) is 0 Å². The van der Waals surface area contributed by atoms with Crippen LogP contribution < -0.4 is 10.6 Å². The molecular weight excluding hydrogens is 620 g/mol. The van der Waals surface area contributed by atoms with Crippen molar-refractivity contribution < 1.29 is 34.1 Å². The molecule has 0 aliphatic rings. The maximum absolute atomic E-state index is 12.7. The maximum atomic E-state index is 12.7. The first kappa shape index (κ1) is 46.8. The molecule has 0 bridgehead atoms. The summed E-state index contributed by atoms with van der Waals surface area (Å²) in [5.74, 6) is -2.28. The zero-order valence-electron chi connectivity index (χ0n) is 31.7. The molecule has 0 aromatic rings. The standard InChI is InChI=1S/C40H76N2O7/c1-3-5-7-9-11-13-14-15-17-19-24-28-32-39(46)49-35(29-25-21-18-16-12-10-8-6-4-2)30-26-22-20-23-27-31-37(44)41-33-38(45)42-36(34-43)40(47)48/h35-36,43H,3-34H2,1-2H3,(H,41,44)(H,42,45)(H,47,48). The van der Waals surface area contributed by atoms with Gasteiger partial charge >= 0.3 is 11.9 Å². The number of carbonyl (C=O) groups is 4. The third-order valence-electron chi connectivity index (χ3n) is 9.35. The number of carbonyl (C=O) groups excluding carboxylic acids is 3. The highest BCUT2D eigenvalue weighted by Crippen LogP contribution is 2.19. The minimum Gasteiger partial charge on any atom is -0.480 e. The summed E-state index contributed by atoms with van der Waals surface area (Å²) in [6.45, 7) is 3.48. The van der Waals surface area contributed by atoms with Gasteiger partial charge in [0, 0.05) is 12.8 Å². The first-order valence-corrected chi connectivity index (χ1v) is 20.4. The lowest BCUT2D eigenvalue weighted by atomic mass is 10.0. The lowest BCUT2D eigenvalue weighted by Crippen LogP contribution is -2.47. The Morgan fingerprint density at radius 2 is 0.918 bits per heavy atom. The molecule has 0 aliphatic carbocycles. The van der Waals surface area contributed by atoms with Gasteiger partial charge in [-0.3, -0.25) is 14.4 Å². The number of carboxylic acid groups (broad SMARTS) is 1. The fourth-order valence-electron chi connectivity index (χ4n) is 6.19. The predicted molar refractivity (Wildman–Crippen MR) is 199 cm³/mol. The second-order valence-electron chi connectivity index (χ2n) is 14.1. The van der Waals surface area contributed by atoms with Gasteiger partial charge in [-0.25, -0.2) is 4.79 Å². The molecule has 0 rings (SSSR count). The van der Waals surface area contributed by atoms with Crippen molar-refractivity contribution >= 4 is 23.8 Å². The van der Waals surface area contributed by atoms with Crippen LogP contribution in [0.15, 0.2) is 0 Å². The number of aliphatic carboxylic acids is 1. The molecule has 288 valence electrons. The highest BCUT2D eigenvalue weighted by molar-refractivity contribution is 5.87. The Hall–Kier alpha value is -2.16. The molecule has 0 aromatic heterocycles. The first-order valence-electron chi connectivity index (χ1n) is 20.4. The topological polar surface area (TPSA) is 142 Å². The van der Waals surface area contributed by atoms with Gasteiger partial charge in [0.15, 0.2) is 0 Å². The number of nitrogens with one attached hydrogen (secondary N) is 2. The zero-order chi connectivity index (χ0) is 36.2. The van der Waals surface area contributed by atoms with Crippen LogP contribution in [0.5, 0.6) is 0 Å². The quantitative estimate of drug-likeness (QED) is 0.0375. The summed E-state index contributed by atoms with van der Waals surface area (Å²) in [7, 11) is 0. The van der Waals surface area contributed by atoms with Gasteiger partial charge in [0.25, 0.3) is 0 Å². The van der Waals surface area contributed by atoms with Crippen molar-refractivity contribution in [1.29, 1.82) is 0 Å². The highest BCUT2D eigenvalue weighted by Gasteiger charge is 2.19. The number of hydrogen-bond acceptors (Lipinski definition) is 6. The lowest BCUT2D eigenvalue weighted by molar-refractivity contribution is -0.150. The fourth-order valence-corrected chi connectivity index (χ4v) is 6.19. The number of rotatable bonds is 37. The van der Waals surface area contributed by atoms with Gasteiger partial charge in [-0.2, -0.15) is 0 Å². The highest BCUT2D eigenvalue weighted by atomic mass is 16.5. The normalized spacial score (nSPS) is 12.4. The maximum Gasteiger partial charge on any atom is 0.328 e. The molecule has 0 aliphatic heterocycles. The average molecular weight is 697 g/mol. The molecule has 0 radical (unpaired) electrons. The number of carboxylic acids is 1. The summed E-state index contributed by atoms with van der Waals surface area (Å²) in [5.41, 5.74) is 0. The van der Waals surface area contributed by atoms with E-state index in [1.54, 1.807) is 0 Å². The molecule has 0 saturated carbocycles. The number of ether oxygens (including phenoxy) is 1. The molecule has 2 unspecified atom stereocenters. The number of unbranched alkanes of at least 4 members (excludes halogenated alkanes) is 23. The van der Waals surface area contributed by atoms with E-state index in [1.807, 2.05) is 0 Å². The third-order valence-corrected chi connectivity index (χ3v) is 9.35. The molecular formula is C40H76N2O7. The van der Waals surface area contributed by atoms with Gasteiger partial charge in [-0.05, 0) is 38.5 Å². The predicted octanol–water partition coefficient (Wildman–Crippen LogP) is 9.32. The molecule has 0 saturated heterocycles. The van der Waals surface area contributed by atoms with Crippen LogP contribution >= 0.6 is 0 Å². The molecule has 49 heavy (non-hydrogen) atoms. The number of esters is 1. The number of amides is 2. The average Bonchev–Trinajstić information content (AvgIpc) is 3.08. The van der Waals surface area contributed by atoms with Crippen molar-refractivity contribution in [3.8, 4) is 0 Å². The van der Waals surface area contributed by atoms with Gasteiger partial charge in [-0.15, -0.1) is 0 Å². The van der Waals surface area contributed by atoms with E-state index in [1.165, 1.54) is 116 Å². The Kier molecular flexibility index (Phi) is 34.1. The molecule has 0 heterocycles. The number of hydrogen-bond donors (Lipinski definition) is 4. The van der Waals surface area contributed by atoms with E-state index in [-0.39, 0.29) is 24.5 Å². The van der Waals surface area contributed by atoms with Crippen molar-refractivity contribution in [2.75, 3.05) is 13.2 Å². The zero-order valence-corrected chi connectivity index (χ0v) is 31.7. The summed E-state index contributed by atoms with van der Waals surface area (Å²) in [6.07, 6.45) is 34.1. The Morgan fingerprint density at radius 3 is 1.33 bits per heavy atom. The van der Waals surface area contributed by atoms with Gasteiger partial charge < -0.3 is 25.6 Å². The van der Waals surface area contributed by atoms with Crippen LogP contribution in [0.25, 0.3) is 0 Å². The molecule has 2 amide bonds. The van der Waals surface area contributed by atoms with Crippen LogP contribution in [0.1, 0.15) is 206 Å². The third kappa shape index (κ3) is 32.8. The van der Waals surface area contributed by atoms with Crippen LogP contribution in [-0.4, -0.2) is 59.3 Å². The van der Waals surface area contributed by atoms with Crippen LogP contribution in [0, 0.1) is 0 Å². The SMILES string of the molecule is CCCCCCCCCCCCCCC(=O)OC(CCCCCCCCCCC)CCCCCCCC(=O)NCC(=O)NC(CO)C(=O)O. The molecule has 0 fully saturated rings. The molecule has 4 N–H and O–H groups in total. The van der Waals surface area contributed by atoms with E-state index in [0.717, 1.165) is 57.8 Å². The van der Waals surface area contributed by atoms with E-state index in [9.17, 15) is 19.2 Å². The summed E-state index contributed by atoms with van der Waals surface area (Å²) in [6, 6.07) is -1.38. The minimum atomic E-state index is -1.38. The number of aliphatic hydroxyl groups is 1. The van der Waals surface area contributed by atoms with Crippen LogP contribution in [-0.2, 0) is 23.9 Å². The van der Waals surface area contributed by atoms with E-state index in [2.05, 4.69) is 24.5 Å². The number of aliphatic hydroxyl groups excluding tert-OH is 1. The Balaban J connectivity index is 4.23. The van der Waals surface area contributed by atoms with Gasteiger partial charge in [0.1, 0.15) is 12.1 Å². The van der Waals surface area contributed by atoms with Crippen LogP contribution in [0.4, 0.5) is 0 Å². The molecule has 2 atom stereocenters. The monoisotopic (exact) mass is 697 g/mol. The van der Waals surface area contributed by atoms with Crippen molar-refractivity contribution in [2.45, 2.75) is 219 Å². The first-order chi connectivity index (χ1) is 23.8. The van der Waals surface area contributed by atoms with E-state index < -0.39 is 24.5 Å². The Labute approximate surface area is 299 Å². The lowest BCUT2D eigenvalue weighted by Gasteiger charge is -2.18. The van der Waals surface area contributed by atoms with E-state index >= 15 is 0 Å². The summed E-state index contributed by atoms with van der Waals surface area (Å²) in [5, 5.41) is 22.5. The summed E-state index contributed by atoms with van der Waals surface area (Å²) >= 11 is 0. The molecule has 9 heteroatoms.